The van der Waals surface area contributed by atoms with Gasteiger partial charge in [-0.25, -0.2) is 0 Å². The van der Waals surface area contributed by atoms with Crippen molar-refractivity contribution in [1.29, 1.82) is 0 Å². The predicted molar refractivity (Wildman–Crippen MR) is 117 cm³/mol. The molecule has 3 fully saturated rings. The first kappa shape index (κ1) is 19.6. The Morgan fingerprint density at radius 3 is 2.57 bits per heavy atom. The summed E-state index contributed by atoms with van der Waals surface area (Å²) in [5.41, 5.74) is 1.89. The van der Waals surface area contributed by atoms with Crippen LogP contribution in [0.2, 0.25) is 0 Å². The highest BCUT2D eigenvalue weighted by Crippen LogP contribution is 2.55. The second-order valence-electron chi connectivity index (χ2n) is 9.79. The third kappa shape index (κ3) is 3.51. The van der Waals surface area contributed by atoms with E-state index in [1.807, 2.05) is 46.8 Å². The lowest BCUT2D eigenvalue weighted by atomic mass is 9.97. The number of aromatic nitrogens is 1. The second-order valence-corrected chi connectivity index (χ2v) is 9.79. The molecule has 1 spiro atoms. The van der Waals surface area contributed by atoms with E-state index in [4.69, 9.17) is 0 Å². The van der Waals surface area contributed by atoms with Gasteiger partial charge in [-0.05, 0) is 75.7 Å². The number of amides is 2. The number of para-hydroxylation sites is 1. The van der Waals surface area contributed by atoms with Gasteiger partial charge in [-0.1, -0.05) is 18.2 Å². The number of nitrogens with zero attached hydrogens (tertiary/aromatic N) is 3. The van der Waals surface area contributed by atoms with E-state index in [0.717, 1.165) is 62.6 Å². The van der Waals surface area contributed by atoms with Crippen molar-refractivity contribution in [2.45, 2.75) is 38.1 Å². The molecule has 6 nitrogen and oxygen atoms in total. The minimum atomic E-state index is -0.343. The van der Waals surface area contributed by atoms with Crippen molar-refractivity contribution in [2.24, 2.45) is 18.4 Å². The summed E-state index contributed by atoms with van der Waals surface area (Å²) in [5, 5.41) is 4.26. The molecule has 160 valence electrons. The standard InChI is InChI=1S/C24H32N4O2/c1-26-11-7-17(8-12-26)15-25-22(29)21-14-24(9-10-24)16-28(21)23(30)20-13-18-5-3-4-6-19(18)27(20)2/h3-6,13,17,21H,7-12,14-16H2,1-2H3,(H,25,29)/t21-/m1/s1. The van der Waals surface area contributed by atoms with E-state index in [-0.39, 0.29) is 23.3 Å². The topological polar surface area (TPSA) is 57.6 Å². The van der Waals surface area contributed by atoms with Gasteiger partial charge in [-0.2, -0.15) is 0 Å². The second kappa shape index (κ2) is 7.41. The molecule has 1 aromatic carbocycles. The van der Waals surface area contributed by atoms with Gasteiger partial charge in [0.05, 0.1) is 0 Å². The molecule has 30 heavy (non-hydrogen) atoms. The molecule has 2 aliphatic heterocycles. The lowest BCUT2D eigenvalue weighted by molar-refractivity contribution is -0.125. The van der Waals surface area contributed by atoms with Crippen LogP contribution in [0.1, 0.15) is 42.6 Å². The summed E-state index contributed by atoms with van der Waals surface area (Å²) in [4.78, 5) is 30.9. The predicted octanol–water partition coefficient (Wildman–Crippen LogP) is 2.63. The van der Waals surface area contributed by atoms with Crippen LogP contribution in [0.3, 0.4) is 0 Å². The van der Waals surface area contributed by atoms with Crippen LogP contribution in [-0.4, -0.2) is 65.4 Å². The number of benzene rings is 1. The average molecular weight is 409 g/mol. The Labute approximate surface area is 178 Å². The maximum atomic E-state index is 13.5. The molecule has 3 aliphatic rings. The molecule has 1 aromatic heterocycles. The number of rotatable bonds is 4. The van der Waals surface area contributed by atoms with Crippen LogP contribution in [0.25, 0.3) is 10.9 Å². The molecule has 1 atom stereocenters. The number of fused-ring (bicyclic) bond motifs is 1. The van der Waals surface area contributed by atoms with Gasteiger partial charge in [0.25, 0.3) is 5.91 Å². The Morgan fingerprint density at radius 1 is 1.13 bits per heavy atom. The van der Waals surface area contributed by atoms with Crippen molar-refractivity contribution < 1.29 is 9.59 Å². The number of carbonyl (C=O) groups is 2. The molecule has 0 unspecified atom stereocenters. The number of carbonyl (C=O) groups excluding carboxylic acids is 2. The number of piperidine rings is 1. The number of hydrogen-bond acceptors (Lipinski definition) is 3. The van der Waals surface area contributed by atoms with Crippen molar-refractivity contribution >= 4 is 22.7 Å². The van der Waals surface area contributed by atoms with Crippen LogP contribution >= 0.6 is 0 Å². The minimum Gasteiger partial charge on any atom is -0.354 e. The third-order valence-corrected chi connectivity index (χ3v) is 7.60. The van der Waals surface area contributed by atoms with Gasteiger partial charge >= 0.3 is 0 Å². The molecular formula is C24H32N4O2. The van der Waals surface area contributed by atoms with Crippen molar-refractivity contribution in [3.05, 3.63) is 36.0 Å². The molecule has 2 amide bonds. The summed E-state index contributed by atoms with van der Waals surface area (Å²) in [7, 11) is 4.09. The van der Waals surface area contributed by atoms with Gasteiger partial charge in [0.2, 0.25) is 5.91 Å². The Morgan fingerprint density at radius 2 is 1.87 bits per heavy atom. The first-order valence-corrected chi connectivity index (χ1v) is 11.3. The molecule has 0 radical (unpaired) electrons. The van der Waals surface area contributed by atoms with Gasteiger partial charge < -0.3 is 19.7 Å². The van der Waals surface area contributed by atoms with Crippen LogP contribution in [-0.2, 0) is 11.8 Å². The summed E-state index contributed by atoms with van der Waals surface area (Å²) < 4.78 is 1.96. The quantitative estimate of drug-likeness (QED) is 0.846. The lowest BCUT2D eigenvalue weighted by Gasteiger charge is -2.30. The summed E-state index contributed by atoms with van der Waals surface area (Å²) in [6.45, 7) is 3.63. The average Bonchev–Trinajstić information content (AvgIpc) is 3.27. The summed E-state index contributed by atoms with van der Waals surface area (Å²) in [5.74, 6) is 0.561. The van der Waals surface area contributed by atoms with E-state index in [2.05, 4.69) is 17.3 Å². The van der Waals surface area contributed by atoms with Crippen molar-refractivity contribution in [1.82, 2.24) is 19.7 Å². The van der Waals surface area contributed by atoms with E-state index in [0.29, 0.717) is 18.2 Å². The maximum Gasteiger partial charge on any atom is 0.271 e. The van der Waals surface area contributed by atoms with Crippen molar-refractivity contribution in [2.75, 3.05) is 33.2 Å². The van der Waals surface area contributed by atoms with Gasteiger partial charge in [0.15, 0.2) is 0 Å². The molecule has 6 heteroatoms. The maximum absolute atomic E-state index is 13.5. The van der Waals surface area contributed by atoms with E-state index >= 15 is 0 Å². The van der Waals surface area contributed by atoms with Crippen LogP contribution in [0.5, 0.6) is 0 Å². The fraction of sp³-hybridized carbons (Fsp3) is 0.583. The van der Waals surface area contributed by atoms with Gasteiger partial charge in [0, 0.05) is 31.0 Å². The lowest BCUT2D eigenvalue weighted by Crippen LogP contribution is -2.48. The molecule has 5 rings (SSSR count). The normalized spacial score (nSPS) is 23.9. The highest BCUT2D eigenvalue weighted by Gasteiger charge is 2.55. The number of nitrogens with one attached hydrogen (secondary N) is 1. The molecule has 3 heterocycles. The zero-order valence-corrected chi connectivity index (χ0v) is 18.1. The molecule has 1 N–H and O–H groups in total. The Balaban J connectivity index is 1.32. The first-order valence-electron chi connectivity index (χ1n) is 11.3. The smallest absolute Gasteiger partial charge is 0.271 e. The largest absolute Gasteiger partial charge is 0.354 e. The van der Waals surface area contributed by atoms with Crippen LogP contribution < -0.4 is 5.32 Å². The summed E-state index contributed by atoms with van der Waals surface area (Å²) >= 11 is 0. The van der Waals surface area contributed by atoms with Gasteiger partial charge in [-0.3, -0.25) is 9.59 Å². The summed E-state index contributed by atoms with van der Waals surface area (Å²) in [6, 6.07) is 9.66. The third-order valence-electron chi connectivity index (χ3n) is 7.60. The van der Waals surface area contributed by atoms with Crippen LogP contribution in [0.15, 0.2) is 30.3 Å². The molecule has 2 aromatic rings. The first-order chi connectivity index (χ1) is 14.5. The molecule has 1 aliphatic carbocycles. The molecule has 1 saturated carbocycles. The zero-order valence-electron chi connectivity index (χ0n) is 18.1. The van der Waals surface area contributed by atoms with Crippen LogP contribution in [0.4, 0.5) is 0 Å². The van der Waals surface area contributed by atoms with Gasteiger partial charge in [-0.15, -0.1) is 0 Å². The Bertz CT molecular complexity index is 969. The van der Waals surface area contributed by atoms with Gasteiger partial charge in [0.1, 0.15) is 11.7 Å². The van der Waals surface area contributed by atoms with Crippen LogP contribution in [0, 0.1) is 11.3 Å². The molecule has 2 saturated heterocycles. The molecule has 0 bridgehead atoms. The van der Waals surface area contributed by atoms with Crippen molar-refractivity contribution in [3.8, 4) is 0 Å². The fourth-order valence-electron chi connectivity index (χ4n) is 5.31. The van der Waals surface area contributed by atoms with E-state index in [1.54, 1.807) is 0 Å². The zero-order chi connectivity index (χ0) is 20.9. The minimum absolute atomic E-state index is 0.0167. The number of likely N-dealkylation sites (tertiary alicyclic amines) is 2. The Kier molecular flexibility index (Phi) is 4.85. The SMILES string of the molecule is CN1CCC(CNC(=O)[C@H]2CC3(CC3)CN2C(=O)c2cc3ccccc3n2C)CC1. The Hall–Kier alpha value is -2.34. The number of aryl methyl sites for hydroxylation is 1. The molecular weight excluding hydrogens is 376 g/mol. The van der Waals surface area contributed by atoms with E-state index < -0.39 is 0 Å². The fourth-order valence-corrected chi connectivity index (χ4v) is 5.31. The van der Waals surface area contributed by atoms with E-state index in [1.165, 1.54) is 0 Å². The summed E-state index contributed by atoms with van der Waals surface area (Å²) in [6.07, 6.45) is 5.32. The van der Waals surface area contributed by atoms with E-state index in [9.17, 15) is 9.59 Å². The number of hydrogen-bond donors (Lipinski definition) is 1. The highest BCUT2D eigenvalue weighted by molar-refractivity contribution is 6.01. The highest BCUT2D eigenvalue weighted by atomic mass is 16.2. The monoisotopic (exact) mass is 408 g/mol. The van der Waals surface area contributed by atoms with Crippen molar-refractivity contribution in [3.63, 3.8) is 0 Å².